The molecule has 0 aliphatic rings. The lowest BCUT2D eigenvalue weighted by atomic mass is 10.0. The van der Waals surface area contributed by atoms with Crippen molar-refractivity contribution in [2.75, 3.05) is 6.61 Å². The first-order valence-corrected chi connectivity index (χ1v) is 7.90. The number of carbonyl (C=O) groups is 2. The fourth-order valence-electron chi connectivity index (χ4n) is 2.15. The standard InChI is InChI=1S/C18H19ClN2O3/c1-11-6-7-14(9-12(11)2)13(3)21-16(22)10-24-18(23)15-5-4-8-20-17(15)19/h4-9,13H,10H2,1-3H3,(H,21,22)/t13-/m0/s1. The van der Waals surface area contributed by atoms with E-state index in [1.807, 2.05) is 39.0 Å². The summed E-state index contributed by atoms with van der Waals surface area (Å²) in [6.07, 6.45) is 1.47. The molecule has 0 radical (unpaired) electrons. The molecule has 2 aromatic rings. The molecule has 0 spiro atoms. The van der Waals surface area contributed by atoms with E-state index in [-0.39, 0.29) is 29.3 Å². The third-order valence-electron chi connectivity index (χ3n) is 3.72. The van der Waals surface area contributed by atoms with Gasteiger partial charge in [-0.15, -0.1) is 0 Å². The monoisotopic (exact) mass is 346 g/mol. The number of carbonyl (C=O) groups excluding carboxylic acids is 2. The van der Waals surface area contributed by atoms with Gasteiger partial charge >= 0.3 is 5.97 Å². The minimum absolute atomic E-state index is 0.0476. The second kappa shape index (κ2) is 7.93. The molecule has 1 aromatic heterocycles. The van der Waals surface area contributed by atoms with Crippen molar-refractivity contribution in [3.8, 4) is 0 Å². The van der Waals surface area contributed by atoms with Crippen molar-refractivity contribution in [3.05, 3.63) is 63.9 Å². The van der Waals surface area contributed by atoms with Crippen LogP contribution in [0.5, 0.6) is 0 Å². The van der Waals surface area contributed by atoms with Gasteiger partial charge in [-0.05, 0) is 49.6 Å². The summed E-state index contributed by atoms with van der Waals surface area (Å²) >= 11 is 5.81. The van der Waals surface area contributed by atoms with Crippen molar-refractivity contribution < 1.29 is 14.3 Å². The van der Waals surface area contributed by atoms with E-state index in [2.05, 4.69) is 10.3 Å². The summed E-state index contributed by atoms with van der Waals surface area (Å²) in [4.78, 5) is 27.6. The zero-order valence-corrected chi connectivity index (χ0v) is 14.6. The van der Waals surface area contributed by atoms with Crippen LogP contribution in [0, 0.1) is 13.8 Å². The van der Waals surface area contributed by atoms with Gasteiger partial charge in [-0.2, -0.15) is 0 Å². The Hall–Kier alpha value is -2.40. The molecular weight excluding hydrogens is 328 g/mol. The molecule has 1 amide bonds. The number of halogens is 1. The van der Waals surface area contributed by atoms with Crippen LogP contribution in [0.3, 0.4) is 0 Å². The number of aromatic nitrogens is 1. The molecule has 126 valence electrons. The minimum atomic E-state index is -0.679. The lowest BCUT2D eigenvalue weighted by Gasteiger charge is -2.15. The predicted octanol–water partition coefficient (Wildman–Crippen LogP) is 3.39. The van der Waals surface area contributed by atoms with Crippen molar-refractivity contribution in [2.45, 2.75) is 26.8 Å². The molecule has 0 bridgehead atoms. The SMILES string of the molecule is Cc1ccc([C@H](C)NC(=O)COC(=O)c2cccnc2Cl)cc1C. The zero-order chi connectivity index (χ0) is 17.7. The summed E-state index contributed by atoms with van der Waals surface area (Å²) in [5.41, 5.74) is 3.48. The van der Waals surface area contributed by atoms with E-state index in [9.17, 15) is 9.59 Å². The Morgan fingerprint density at radius 1 is 1.25 bits per heavy atom. The molecule has 0 aliphatic heterocycles. The second-order valence-electron chi connectivity index (χ2n) is 5.55. The summed E-state index contributed by atoms with van der Waals surface area (Å²) in [6.45, 7) is 5.55. The van der Waals surface area contributed by atoms with E-state index in [0.29, 0.717) is 0 Å². The highest BCUT2D eigenvalue weighted by Crippen LogP contribution is 2.17. The fraction of sp³-hybridized carbons (Fsp3) is 0.278. The Kier molecular flexibility index (Phi) is 5.93. The van der Waals surface area contributed by atoms with Gasteiger partial charge in [0, 0.05) is 6.20 Å². The molecule has 2 rings (SSSR count). The molecule has 0 saturated carbocycles. The number of pyridine rings is 1. The van der Waals surface area contributed by atoms with E-state index in [0.717, 1.165) is 11.1 Å². The van der Waals surface area contributed by atoms with Gasteiger partial charge < -0.3 is 10.1 Å². The summed E-state index contributed by atoms with van der Waals surface area (Å²) in [5, 5.41) is 2.85. The van der Waals surface area contributed by atoms with E-state index in [1.165, 1.54) is 17.8 Å². The number of hydrogen-bond donors (Lipinski definition) is 1. The number of esters is 1. The number of amides is 1. The largest absolute Gasteiger partial charge is 0.452 e. The summed E-state index contributed by atoms with van der Waals surface area (Å²) in [7, 11) is 0. The number of nitrogens with one attached hydrogen (secondary N) is 1. The Balaban J connectivity index is 1.90. The molecule has 1 N–H and O–H groups in total. The van der Waals surface area contributed by atoms with Crippen LogP contribution in [0.4, 0.5) is 0 Å². The Morgan fingerprint density at radius 2 is 2.00 bits per heavy atom. The predicted molar refractivity (Wildman–Crippen MR) is 92.0 cm³/mol. The van der Waals surface area contributed by atoms with Crippen molar-refractivity contribution in [2.24, 2.45) is 0 Å². The number of rotatable bonds is 5. The van der Waals surface area contributed by atoms with Gasteiger partial charge in [0.05, 0.1) is 11.6 Å². The quantitative estimate of drug-likeness (QED) is 0.665. The van der Waals surface area contributed by atoms with Gasteiger partial charge in [-0.25, -0.2) is 9.78 Å². The van der Waals surface area contributed by atoms with Gasteiger partial charge in [0.2, 0.25) is 0 Å². The molecule has 6 heteroatoms. The molecule has 1 heterocycles. The molecule has 0 aliphatic carbocycles. The number of benzene rings is 1. The molecule has 0 fully saturated rings. The third kappa shape index (κ3) is 4.55. The first kappa shape index (κ1) is 17.9. The van der Waals surface area contributed by atoms with Crippen molar-refractivity contribution in [1.82, 2.24) is 10.3 Å². The van der Waals surface area contributed by atoms with Crippen LogP contribution in [0.1, 0.15) is 40.0 Å². The number of ether oxygens (including phenoxy) is 1. The smallest absolute Gasteiger partial charge is 0.341 e. The van der Waals surface area contributed by atoms with Crippen LogP contribution >= 0.6 is 11.6 Å². The van der Waals surface area contributed by atoms with Crippen LogP contribution in [0.25, 0.3) is 0 Å². The van der Waals surface area contributed by atoms with Crippen LogP contribution in [0.15, 0.2) is 36.5 Å². The van der Waals surface area contributed by atoms with E-state index < -0.39 is 5.97 Å². The topological polar surface area (TPSA) is 68.3 Å². The highest BCUT2D eigenvalue weighted by atomic mass is 35.5. The molecule has 0 unspecified atom stereocenters. The average molecular weight is 347 g/mol. The number of aryl methyl sites for hydroxylation is 2. The van der Waals surface area contributed by atoms with Gasteiger partial charge in [0.15, 0.2) is 6.61 Å². The van der Waals surface area contributed by atoms with Crippen molar-refractivity contribution >= 4 is 23.5 Å². The molecule has 1 atom stereocenters. The maximum Gasteiger partial charge on any atom is 0.341 e. The first-order chi connectivity index (χ1) is 11.4. The van der Waals surface area contributed by atoms with Crippen molar-refractivity contribution in [1.29, 1.82) is 0 Å². The second-order valence-corrected chi connectivity index (χ2v) is 5.91. The van der Waals surface area contributed by atoms with E-state index in [4.69, 9.17) is 16.3 Å². The highest BCUT2D eigenvalue weighted by Gasteiger charge is 2.15. The Labute approximate surface area is 146 Å². The normalized spacial score (nSPS) is 11.7. The zero-order valence-electron chi connectivity index (χ0n) is 13.8. The number of hydrogen-bond acceptors (Lipinski definition) is 4. The van der Waals surface area contributed by atoms with Crippen LogP contribution < -0.4 is 5.32 Å². The molecule has 24 heavy (non-hydrogen) atoms. The molecule has 5 nitrogen and oxygen atoms in total. The van der Waals surface area contributed by atoms with Gasteiger partial charge in [-0.3, -0.25) is 4.79 Å². The van der Waals surface area contributed by atoms with Gasteiger partial charge in [0.1, 0.15) is 5.15 Å². The molecular formula is C18H19ClN2O3. The van der Waals surface area contributed by atoms with Crippen molar-refractivity contribution in [3.63, 3.8) is 0 Å². The minimum Gasteiger partial charge on any atom is -0.452 e. The first-order valence-electron chi connectivity index (χ1n) is 7.52. The number of nitrogens with zero attached hydrogens (tertiary/aromatic N) is 1. The highest BCUT2D eigenvalue weighted by molar-refractivity contribution is 6.32. The van der Waals surface area contributed by atoms with E-state index >= 15 is 0 Å². The van der Waals surface area contributed by atoms with Gasteiger partial charge in [-0.1, -0.05) is 29.8 Å². The molecule has 0 saturated heterocycles. The summed E-state index contributed by atoms with van der Waals surface area (Å²) in [6, 6.07) is 8.89. The van der Waals surface area contributed by atoms with E-state index in [1.54, 1.807) is 6.07 Å². The maximum absolute atomic E-state index is 12.0. The van der Waals surface area contributed by atoms with Crippen LogP contribution in [-0.2, 0) is 9.53 Å². The van der Waals surface area contributed by atoms with Crippen LogP contribution in [0.2, 0.25) is 5.15 Å². The molecule has 1 aromatic carbocycles. The lowest BCUT2D eigenvalue weighted by Crippen LogP contribution is -2.31. The summed E-state index contributed by atoms with van der Waals surface area (Å²) in [5.74, 6) is -1.06. The Morgan fingerprint density at radius 3 is 2.67 bits per heavy atom. The Bertz CT molecular complexity index is 762. The average Bonchev–Trinajstić information content (AvgIpc) is 2.55. The third-order valence-corrected chi connectivity index (χ3v) is 4.02. The lowest BCUT2D eigenvalue weighted by molar-refractivity contribution is -0.124. The fourth-order valence-corrected chi connectivity index (χ4v) is 2.34. The van der Waals surface area contributed by atoms with Crippen LogP contribution in [-0.4, -0.2) is 23.5 Å². The van der Waals surface area contributed by atoms with Gasteiger partial charge in [0.25, 0.3) is 5.91 Å². The maximum atomic E-state index is 12.0. The summed E-state index contributed by atoms with van der Waals surface area (Å²) < 4.78 is 4.97.